The van der Waals surface area contributed by atoms with Crippen LogP contribution in [0.3, 0.4) is 0 Å². The molecule has 0 radical (unpaired) electrons. The Bertz CT molecular complexity index is 2670. The van der Waals surface area contributed by atoms with E-state index >= 15 is 0 Å². The molecule has 0 saturated heterocycles. The molecule has 0 saturated carbocycles. The predicted octanol–water partition coefficient (Wildman–Crippen LogP) is 13.7. The largest absolute Gasteiger partial charge is 0.493 e. The van der Waals surface area contributed by atoms with Crippen molar-refractivity contribution in [3.05, 3.63) is 148 Å². The molecule has 53 heavy (non-hydrogen) atoms. The highest BCUT2D eigenvalue weighted by Gasteiger charge is 2.29. The third-order valence-corrected chi connectivity index (χ3v) is 10.5. The molecule has 0 aliphatic rings. The molecular weight excluding hydrogens is 726 g/mol. The summed E-state index contributed by atoms with van der Waals surface area (Å²) in [5.41, 5.74) is 2.84. The fraction of sp³-hybridized carbons (Fsp3) is 0.130. The first-order valence-corrected chi connectivity index (χ1v) is 18.4. The zero-order chi connectivity index (χ0) is 37.0. The first-order valence-electron chi connectivity index (χ1n) is 17.6. The Hall–Kier alpha value is -5.92. The van der Waals surface area contributed by atoms with Crippen molar-refractivity contribution in [3.63, 3.8) is 0 Å². The quantitative estimate of drug-likeness (QED) is 0.0662. The van der Waals surface area contributed by atoms with Gasteiger partial charge in [0, 0.05) is 31.6 Å². The Kier molecular flexibility index (Phi) is 8.75. The number of aliphatic hydroxyl groups is 1. The summed E-state index contributed by atoms with van der Waals surface area (Å²) in [5, 5.41) is 29.2. The Labute approximate surface area is 315 Å². The fourth-order valence-electron chi connectivity index (χ4n) is 7.45. The molecule has 6 nitrogen and oxygen atoms in total. The summed E-state index contributed by atoms with van der Waals surface area (Å²) < 4.78 is 14.2. The van der Waals surface area contributed by atoms with E-state index in [9.17, 15) is 15.0 Å². The number of benzene rings is 8. The lowest BCUT2D eigenvalue weighted by Gasteiger charge is -2.23. The Morgan fingerprint density at radius 1 is 0.566 bits per heavy atom. The average Bonchev–Trinajstić information content (AvgIpc) is 3.15. The number of para-hydroxylation sites is 3. The molecule has 0 aliphatic carbocycles. The Morgan fingerprint density at radius 3 is 1.62 bits per heavy atom. The first kappa shape index (κ1) is 34.2. The number of aromatic carboxylic acids is 1. The van der Waals surface area contributed by atoms with E-state index in [2.05, 4.69) is 49.7 Å². The zero-order valence-corrected chi connectivity index (χ0v) is 31.2. The Balaban J connectivity index is 1.59. The van der Waals surface area contributed by atoms with Crippen molar-refractivity contribution in [2.24, 2.45) is 4.99 Å². The van der Waals surface area contributed by atoms with Crippen LogP contribution in [-0.2, 0) is 0 Å². The molecule has 8 aromatic carbocycles. The predicted molar refractivity (Wildman–Crippen MR) is 219 cm³/mol. The number of nitrogens with zero attached hydrogens (tertiary/aromatic N) is 1. The van der Waals surface area contributed by atoms with Gasteiger partial charge >= 0.3 is 5.97 Å². The number of carboxylic acid groups (broad SMARTS) is 1. The van der Waals surface area contributed by atoms with E-state index in [0.717, 1.165) is 37.1 Å². The third-order valence-electron chi connectivity index (χ3n) is 9.83. The first-order chi connectivity index (χ1) is 25.6. The summed E-state index contributed by atoms with van der Waals surface area (Å²) in [6, 6.07) is 38.2. The van der Waals surface area contributed by atoms with Crippen LogP contribution in [0.15, 0.2) is 131 Å². The number of carboxylic acids is 1. The number of halogens is 1. The molecule has 2 N–H and O–H groups in total. The van der Waals surface area contributed by atoms with Crippen molar-refractivity contribution < 1.29 is 24.5 Å². The molecular formula is C46H36BrNO5. The molecule has 0 atom stereocenters. The highest BCUT2D eigenvalue weighted by Crippen LogP contribution is 2.51. The van der Waals surface area contributed by atoms with Gasteiger partial charge in [-0.25, -0.2) is 9.79 Å². The molecule has 0 amide bonds. The van der Waals surface area contributed by atoms with Crippen molar-refractivity contribution in [1.29, 1.82) is 0 Å². The molecule has 262 valence electrons. The van der Waals surface area contributed by atoms with Gasteiger partial charge in [0.05, 0.1) is 11.3 Å². The van der Waals surface area contributed by atoms with Crippen LogP contribution in [0.2, 0.25) is 0 Å². The molecule has 0 aromatic heterocycles. The molecule has 8 aromatic rings. The number of fused-ring (bicyclic) bond motifs is 2. The summed E-state index contributed by atoms with van der Waals surface area (Å²) >= 11 is 3.78. The van der Waals surface area contributed by atoms with Crippen LogP contribution >= 0.6 is 15.9 Å². The maximum Gasteiger partial charge on any atom is 0.336 e. The lowest BCUT2D eigenvalue weighted by atomic mass is 9.85. The minimum absolute atomic E-state index is 0.0343. The van der Waals surface area contributed by atoms with Gasteiger partial charge in [-0.2, -0.15) is 0 Å². The van der Waals surface area contributed by atoms with Gasteiger partial charge in [0.2, 0.25) is 5.90 Å². The molecule has 0 aliphatic heterocycles. The van der Waals surface area contributed by atoms with E-state index in [1.54, 1.807) is 12.1 Å². The van der Waals surface area contributed by atoms with Crippen LogP contribution in [0.4, 0.5) is 5.69 Å². The maximum atomic E-state index is 13.4. The molecule has 0 heterocycles. The number of rotatable bonds is 9. The molecule has 0 spiro atoms. The van der Waals surface area contributed by atoms with Gasteiger partial charge in [0.1, 0.15) is 23.0 Å². The third kappa shape index (κ3) is 5.91. The van der Waals surface area contributed by atoms with Crippen molar-refractivity contribution in [3.8, 4) is 23.0 Å². The standard InChI is InChI=1S/C46H36BrNO5/c1-25(2)29-17-11-18-30(26(3)4)44(29)48-45(49)34-23-37(52-27-13-7-5-8-14-27)41-32-20-12-19-31-36(47)22-21-33(39(31)32)42-38(53-28-15-9-6-10-16-28)24-35(46(50)51)40(34)43(41)42/h5-26H,1-4H3,(H,48,49)(H,50,51). The van der Waals surface area contributed by atoms with Crippen molar-refractivity contribution in [2.75, 3.05) is 0 Å². The average molecular weight is 763 g/mol. The van der Waals surface area contributed by atoms with Gasteiger partial charge in [0.25, 0.3) is 0 Å². The van der Waals surface area contributed by atoms with Crippen molar-refractivity contribution >= 4 is 76.6 Å². The normalized spacial score (nSPS) is 12.2. The number of aliphatic hydroxyl groups excluding tert-OH is 1. The van der Waals surface area contributed by atoms with E-state index in [4.69, 9.17) is 14.5 Å². The van der Waals surface area contributed by atoms with E-state index in [0.29, 0.717) is 50.2 Å². The van der Waals surface area contributed by atoms with Crippen LogP contribution in [0.25, 0.3) is 43.1 Å². The maximum absolute atomic E-state index is 13.4. The summed E-state index contributed by atoms with van der Waals surface area (Å²) in [6.45, 7) is 8.38. The lowest BCUT2D eigenvalue weighted by Crippen LogP contribution is -2.08. The highest BCUT2D eigenvalue weighted by molar-refractivity contribution is 9.10. The van der Waals surface area contributed by atoms with Gasteiger partial charge in [-0.15, -0.1) is 0 Å². The second-order valence-corrected chi connectivity index (χ2v) is 14.7. The number of aliphatic imine (C=N–C) groups is 1. The van der Waals surface area contributed by atoms with Crippen LogP contribution in [-0.4, -0.2) is 22.1 Å². The van der Waals surface area contributed by atoms with Crippen molar-refractivity contribution in [2.45, 2.75) is 39.5 Å². The monoisotopic (exact) mass is 761 g/mol. The highest BCUT2D eigenvalue weighted by atomic mass is 79.9. The van der Waals surface area contributed by atoms with Crippen LogP contribution in [0.1, 0.15) is 66.6 Å². The minimum atomic E-state index is -1.17. The van der Waals surface area contributed by atoms with Crippen LogP contribution in [0, 0.1) is 0 Å². The summed E-state index contributed by atoms with van der Waals surface area (Å²) in [6.07, 6.45) is 0. The molecule has 0 unspecified atom stereocenters. The van der Waals surface area contributed by atoms with E-state index in [1.165, 1.54) is 0 Å². The number of hydrogen-bond donors (Lipinski definition) is 2. The molecule has 7 heteroatoms. The number of carbonyl (C=O) groups is 1. The smallest absolute Gasteiger partial charge is 0.336 e. The van der Waals surface area contributed by atoms with E-state index in [-0.39, 0.29) is 28.9 Å². The minimum Gasteiger partial charge on any atom is -0.493 e. The van der Waals surface area contributed by atoms with Gasteiger partial charge in [-0.1, -0.05) is 122 Å². The SMILES string of the molecule is CC(C)c1cccc(C(C)C)c1N=C(O)c1cc(Oc2ccccc2)c2c3cccc4c(Br)ccc(c5c(Oc6ccccc6)cc(C(=O)O)c1c52)c43. The second-order valence-electron chi connectivity index (χ2n) is 13.8. The Morgan fingerprint density at radius 2 is 1.08 bits per heavy atom. The lowest BCUT2D eigenvalue weighted by molar-refractivity contribution is 0.0698. The summed E-state index contributed by atoms with van der Waals surface area (Å²) in [5.74, 6) is 0.712. The van der Waals surface area contributed by atoms with Gasteiger partial charge in [-0.05, 0) is 87.0 Å². The zero-order valence-electron chi connectivity index (χ0n) is 29.6. The van der Waals surface area contributed by atoms with E-state index in [1.807, 2.05) is 103 Å². The van der Waals surface area contributed by atoms with Crippen LogP contribution < -0.4 is 9.47 Å². The van der Waals surface area contributed by atoms with Gasteiger partial charge < -0.3 is 19.7 Å². The number of ether oxygens (including phenoxy) is 2. The van der Waals surface area contributed by atoms with Gasteiger partial charge in [-0.3, -0.25) is 0 Å². The van der Waals surface area contributed by atoms with Crippen molar-refractivity contribution in [1.82, 2.24) is 0 Å². The topological polar surface area (TPSA) is 88.4 Å². The summed E-state index contributed by atoms with van der Waals surface area (Å²) in [7, 11) is 0. The fourth-order valence-corrected chi connectivity index (χ4v) is 7.92. The summed E-state index contributed by atoms with van der Waals surface area (Å²) in [4.78, 5) is 18.4. The molecule has 0 fully saturated rings. The second kappa shape index (κ2) is 13.6. The molecule has 0 bridgehead atoms. The van der Waals surface area contributed by atoms with Crippen LogP contribution in [0.5, 0.6) is 23.0 Å². The van der Waals surface area contributed by atoms with E-state index < -0.39 is 5.97 Å². The number of hydrogen-bond acceptors (Lipinski definition) is 4. The van der Waals surface area contributed by atoms with Gasteiger partial charge in [0.15, 0.2) is 0 Å². The molecule has 8 rings (SSSR count).